The third-order valence-corrected chi connectivity index (χ3v) is 2.82. The summed E-state index contributed by atoms with van der Waals surface area (Å²) in [6.45, 7) is 8.47. The van der Waals surface area contributed by atoms with E-state index in [1.54, 1.807) is 0 Å². The molecule has 1 aliphatic carbocycles. The Bertz CT molecular complexity index is 122. The molecule has 1 nitrogen and oxygen atoms in total. The van der Waals surface area contributed by atoms with Gasteiger partial charge in [-0.2, -0.15) is 0 Å². The molecular formula is C11H21O. The normalized spacial score (nSPS) is 33.2. The van der Waals surface area contributed by atoms with Gasteiger partial charge in [-0.25, -0.2) is 0 Å². The summed E-state index contributed by atoms with van der Waals surface area (Å²) < 4.78 is 5.89. The second-order valence-electron chi connectivity index (χ2n) is 3.94. The Morgan fingerprint density at radius 1 is 1.42 bits per heavy atom. The molecule has 1 fully saturated rings. The maximum Gasteiger partial charge on any atom is 0.0606 e. The lowest BCUT2D eigenvalue weighted by molar-refractivity contribution is -0.0425. The van der Waals surface area contributed by atoms with E-state index in [2.05, 4.69) is 20.8 Å². The molecule has 0 heterocycles. The molecule has 3 atom stereocenters. The monoisotopic (exact) mass is 169 g/mol. The first kappa shape index (κ1) is 10.0. The van der Waals surface area contributed by atoms with Gasteiger partial charge in [0.25, 0.3) is 0 Å². The molecule has 0 aromatic carbocycles. The molecule has 0 aliphatic heterocycles. The van der Waals surface area contributed by atoms with Crippen LogP contribution in [0.25, 0.3) is 0 Å². The third kappa shape index (κ3) is 2.78. The molecule has 0 aromatic rings. The van der Waals surface area contributed by atoms with Crippen molar-refractivity contribution in [3.63, 3.8) is 0 Å². The zero-order chi connectivity index (χ0) is 8.97. The van der Waals surface area contributed by atoms with Crippen molar-refractivity contribution in [3.8, 4) is 0 Å². The van der Waals surface area contributed by atoms with Crippen LogP contribution >= 0.6 is 0 Å². The summed E-state index contributed by atoms with van der Waals surface area (Å²) >= 11 is 0. The Morgan fingerprint density at radius 2 is 2.08 bits per heavy atom. The van der Waals surface area contributed by atoms with Gasteiger partial charge in [0.05, 0.1) is 12.2 Å². The van der Waals surface area contributed by atoms with Crippen LogP contribution in [0.15, 0.2) is 0 Å². The van der Waals surface area contributed by atoms with E-state index in [1.807, 2.05) is 0 Å². The lowest BCUT2D eigenvalue weighted by Crippen LogP contribution is -2.29. The van der Waals surface area contributed by atoms with Crippen molar-refractivity contribution in [2.75, 3.05) is 0 Å². The number of rotatable bonds is 3. The average Bonchev–Trinajstić information content (AvgIpc) is 2.09. The second kappa shape index (κ2) is 4.86. The van der Waals surface area contributed by atoms with Gasteiger partial charge < -0.3 is 4.74 Å². The highest BCUT2D eigenvalue weighted by atomic mass is 16.5. The highest BCUT2D eigenvalue weighted by Crippen LogP contribution is 2.27. The summed E-state index contributed by atoms with van der Waals surface area (Å²) in [5.41, 5.74) is 0. The van der Waals surface area contributed by atoms with Crippen molar-refractivity contribution in [1.29, 1.82) is 0 Å². The van der Waals surface area contributed by atoms with Crippen molar-refractivity contribution in [2.45, 2.75) is 58.2 Å². The maximum atomic E-state index is 5.89. The van der Waals surface area contributed by atoms with Crippen molar-refractivity contribution in [2.24, 2.45) is 5.92 Å². The largest absolute Gasteiger partial charge is 0.375 e. The van der Waals surface area contributed by atoms with Crippen LogP contribution in [0, 0.1) is 12.8 Å². The van der Waals surface area contributed by atoms with E-state index in [9.17, 15) is 0 Å². The van der Waals surface area contributed by atoms with E-state index in [1.165, 1.54) is 25.7 Å². The van der Waals surface area contributed by atoms with E-state index < -0.39 is 0 Å². The molecule has 1 radical (unpaired) electrons. The van der Waals surface area contributed by atoms with Gasteiger partial charge in [0.2, 0.25) is 0 Å². The molecule has 0 spiro atoms. The van der Waals surface area contributed by atoms with E-state index in [0.29, 0.717) is 18.1 Å². The predicted octanol–water partition coefficient (Wildman–Crippen LogP) is 3.19. The van der Waals surface area contributed by atoms with Crippen molar-refractivity contribution in [3.05, 3.63) is 6.92 Å². The Morgan fingerprint density at radius 3 is 2.67 bits per heavy atom. The SMILES string of the molecule is [CH2]C1CCCCC1OC(C)CC. The molecular weight excluding hydrogens is 148 g/mol. The highest BCUT2D eigenvalue weighted by molar-refractivity contribution is 4.78. The first-order valence-corrected chi connectivity index (χ1v) is 5.22. The summed E-state index contributed by atoms with van der Waals surface area (Å²) in [6.07, 6.45) is 7.11. The van der Waals surface area contributed by atoms with Gasteiger partial charge in [0, 0.05) is 0 Å². The van der Waals surface area contributed by atoms with E-state index >= 15 is 0 Å². The standard InChI is InChI=1S/C11H21O/c1-4-10(3)12-11-8-6-5-7-9(11)2/h9-11H,2,4-8H2,1,3H3. The number of hydrogen-bond donors (Lipinski definition) is 0. The minimum Gasteiger partial charge on any atom is -0.375 e. The highest BCUT2D eigenvalue weighted by Gasteiger charge is 2.22. The third-order valence-electron chi connectivity index (χ3n) is 2.82. The predicted molar refractivity (Wildman–Crippen MR) is 51.9 cm³/mol. The Balaban J connectivity index is 2.28. The first-order chi connectivity index (χ1) is 5.74. The zero-order valence-electron chi connectivity index (χ0n) is 8.38. The van der Waals surface area contributed by atoms with Gasteiger partial charge in [0.15, 0.2) is 0 Å². The molecule has 0 saturated heterocycles. The van der Waals surface area contributed by atoms with Gasteiger partial charge >= 0.3 is 0 Å². The summed E-state index contributed by atoms with van der Waals surface area (Å²) in [5.74, 6) is 0.535. The van der Waals surface area contributed by atoms with Crippen LogP contribution in [0.4, 0.5) is 0 Å². The minimum atomic E-state index is 0.414. The fourth-order valence-electron chi connectivity index (χ4n) is 1.75. The van der Waals surface area contributed by atoms with Gasteiger partial charge in [-0.3, -0.25) is 0 Å². The topological polar surface area (TPSA) is 9.23 Å². The van der Waals surface area contributed by atoms with Gasteiger partial charge in [-0.1, -0.05) is 19.8 Å². The molecule has 71 valence electrons. The van der Waals surface area contributed by atoms with Crippen LogP contribution in [-0.2, 0) is 4.74 Å². The molecule has 0 N–H and O–H groups in total. The van der Waals surface area contributed by atoms with Crippen molar-refractivity contribution >= 4 is 0 Å². The molecule has 0 aromatic heterocycles. The molecule has 1 heteroatoms. The van der Waals surface area contributed by atoms with Crippen molar-refractivity contribution < 1.29 is 4.74 Å². The average molecular weight is 169 g/mol. The van der Waals surface area contributed by atoms with Crippen LogP contribution < -0.4 is 0 Å². The molecule has 1 aliphatic rings. The van der Waals surface area contributed by atoms with E-state index in [4.69, 9.17) is 4.74 Å². The van der Waals surface area contributed by atoms with Gasteiger partial charge in [0.1, 0.15) is 0 Å². The first-order valence-electron chi connectivity index (χ1n) is 5.22. The van der Waals surface area contributed by atoms with E-state index in [0.717, 1.165) is 6.42 Å². The Hall–Kier alpha value is -0.0400. The second-order valence-corrected chi connectivity index (χ2v) is 3.94. The molecule has 0 amide bonds. The van der Waals surface area contributed by atoms with E-state index in [-0.39, 0.29) is 0 Å². The summed E-state index contributed by atoms with van der Waals surface area (Å²) in [5, 5.41) is 0. The molecule has 12 heavy (non-hydrogen) atoms. The van der Waals surface area contributed by atoms with Gasteiger partial charge in [-0.15, -0.1) is 0 Å². The number of hydrogen-bond acceptors (Lipinski definition) is 1. The maximum absolute atomic E-state index is 5.89. The van der Waals surface area contributed by atoms with Gasteiger partial charge in [-0.05, 0) is 39.0 Å². The molecule has 1 rings (SSSR count). The van der Waals surface area contributed by atoms with Crippen LogP contribution in [0.5, 0.6) is 0 Å². The van der Waals surface area contributed by atoms with Crippen molar-refractivity contribution in [1.82, 2.24) is 0 Å². The number of ether oxygens (including phenoxy) is 1. The summed E-state index contributed by atoms with van der Waals surface area (Å²) in [6, 6.07) is 0. The fourth-order valence-corrected chi connectivity index (χ4v) is 1.75. The Kier molecular flexibility index (Phi) is 4.07. The molecule has 1 saturated carbocycles. The van der Waals surface area contributed by atoms with Crippen LogP contribution in [-0.4, -0.2) is 12.2 Å². The van der Waals surface area contributed by atoms with Crippen LogP contribution in [0.3, 0.4) is 0 Å². The zero-order valence-corrected chi connectivity index (χ0v) is 8.38. The molecule has 3 unspecified atom stereocenters. The Labute approximate surface area is 76.5 Å². The summed E-state index contributed by atoms with van der Waals surface area (Å²) in [4.78, 5) is 0. The lowest BCUT2D eigenvalue weighted by Gasteiger charge is -2.30. The van der Waals surface area contributed by atoms with Crippen LogP contribution in [0.1, 0.15) is 46.0 Å². The smallest absolute Gasteiger partial charge is 0.0606 e. The quantitative estimate of drug-likeness (QED) is 0.630. The summed E-state index contributed by atoms with van der Waals surface area (Å²) in [7, 11) is 0. The lowest BCUT2D eigenvalue weighted by atomic mass is 9.88. The minimum absolute atomic E-state index is 0.414. The van der Waals surface area contributed by atoms with Crippen LogP contribution in [0.2, 0.25) is 0 Å². The molecule has 0 bridgehead atoms. The fraction of sp³-hybridized carbons (Fsp3) is 0.909.